The van der Waals surface area contributed by atoms with Gasteiger partial charge in [-0.1, -0.05) is 13.0 Å². The molecule has 0 saturated heterocycles. The van der Waals surface area contributed by atoms with Crippen molar-refractivity contribution in [3.05, 3.63) is 64.3 Å². The molecule has 0 bridgehead atoms. The van der Waals surface area contributed by atoms with Crippen molar-refractivity contribution in [1.29, 1.82) is 0 Å². The largest absolute Gasteiger partial charge is 0.617 e. The van der Waals surface area contributed by atoms with Gasteiger partial charge in [0.1, 0.15) is 5.82 Å². The average Bonchev–Trinajstić information content (AvgIpc) is 2.54. The first-order valence-corrected chi connectivity index (χ1v) is 8.19. The Bertz CT molecular complexity index is 882. The number of aryl methyl sites for hydroxylation is 1. The number of fused-ring (bicyclic) bond motifs is 1. The van der Waals surface area contributed by atoms with Gasteiger partial charge < -0.3 is 10.4 Å². The zero-order chi connectivity index (χ0) is 16.6. The summed E-state index contributed by atoms with van der Waals surface area (Å²) in [5, 5.41) is 25.9. The van der Waals surface area contributed by atoms with Crippen LogP contribution in [0.5, 0.6) is 0 Å². The summed E-state index contributed by atoms with van der Waals surface area (Å²) < 4.78 is 14.7. The number of thioether (sulfide) groups is 1. The molecule has 6 heteroatoms. The molecular formula is C17H15FN2O2S. The molecule has 1 aromatic heterocycles. The number of halogens is 1. The molecule has 0 fully saturated rings. The summed E-state index contributed by atoms with van der Waals surface area (Å²) in [7, 11) is 0. The predicted molar refractivity (Wildman–Crippen MR) is 88.4 cm³/mol. The molecule has 4 nitrogen and oxygen atoms in total. The summed E-state index contributed by atoms with van der Waals surface area (Å²) in [5.74, 6) is 0.260. The minimum Gasteiger partial charge on any atom is -0.617 e. The standard InChI is InChI=1S/C17H15FN2O2S/c1-3-23-17-16(12-5-7-13(18)8-6-12)19(21)15-10-11(2)4-9-14(15)20(17)22/h4-10H,3H2,1-2H3. The maximum Gasteiger partial charge on any atom is 0.326 e. The predicted octanol–water partition coefficient (Wildman–Crippen LogP) is 3.33. The van der Waals surface area contributed by atoms with Crippen LogP contribution >= 0.6 is 11.8 Å². The van der Waals surface area contributed by atoms with Gasteiger partial charge in [0.25, 0.3) is 11.0 Å². The smallest absolute Gasteiger partial charge is 0.326 e. The van der Waals surface area contributed by atoms with Gasteiger partial charge in [-0.05, 0) is 48.5 Å². The molecule has 118 valence electrons. The van der Waals surface area contributed by atoms with E-state index in [2.05, 4.69) is 0 Å². The first-order chi connectivity index (χ1) is 11.0. The van der Waals surface area contributed by atoms with Crippen LogP contribution in [0.15, 0.2) is 47.5 Å². The highest BCUT2D eigenvalue weighted by atomic mass is 32.2. The zero-order valence-corrected chi connectivity index (χ0v) is 13.6. The van der Waals surface area contributed by atoms with E-state index in [1.165, 1.54) is 36.0 Å². The maximum atomic E-state index is 13.2. The number of hydrogen-bond donors (Lipinski definition) is 0. The summed E-state index contributed by atoms with van der Waals surface area (Å²) in [4.78, 5) is 0. The Kier molecular flexibility index (Phi) is 4.09. The number of hydrogen-bond acceptors (Lipinski definition) is 3. The highest BCUT2D eigenvalue weighted by Crippen LogP contribution is 2.28. The third-order valence-electron chi connectivity index (χ3n) is 3.56. The molecule has 0 atom stereocenters. The molecule has 0 unspecified atom stereocenters. The van der Waals surface area contributed by atoms with Crippen molar-refractivity contribution in [1.82, 2.24) is 0 Å². The zero-order valence-electron chi connectivity index (χ0n) is 12.7. The number of aromatic nitrogens is 2. The fraction of sp³-hybridized carbons (Fsp3) is 0.176. The fourth-order valence-corrected chi connectivity index (χ4v) is 3.32. The minimum absolute atomic E-state index is 0.255. The van der Waals surface area contributed by atoms with Crippen molar-refractivity contribution in [2.45, 2.75) is 18.9 Å². The van der Waals surface area contributed by atoms with Crippen LogP contribution in [-0.4, -0.2) is 5.75 Å². The van der Waals surface area contributed by atoms with Crippen LogP contribution in [0.1, 0.15) is 12.5 Å². The maximum absolute atomic E-state index is 13.2. The van der Waals surface area contributed by atoms with E-state index in [-0.39, 0.29) is 11.5 Å². The van der Waals surface area contributed by atoms with Crippen LogP contribution in [-0.2, 0) is 0 Å². The molecule has 0 aliphatic rings. The van der Waals surface area contributed by atoms with E-state index < -0.39 is 0 Å². The number of benzene rings is 2. The number of rotatable bonds is 3. The van der Waals surface area contributed by atoms with Crippen molar-refractivity contribution >= 4 is 22.8 Å². The van der Waals surface area contributed by atoms with Gasteiger partial charge in [-0.3, -0.25) is 0 Å². The first-order valence-electron chi connectivity index (χ1n) is 7.21. The Morgan fingerprint density at radius 2 is 1.70 bits per heavy atom. The third kappa shape index (κ3) is 2.70. The Labute approximate surface area is 137 Å². The van der Waals surface area contributed by atoms with Crippen molar-refractivity contribution in [2.75, 3.05) is 5.75 Å². The van der Waals surface area contributed by atoms with E-state index in [4.69, 9.17) is 0 Å². The second-order valence-corrected chi connectivity index (χ2v) is 6.43. The van der Waals surface area contributed by atoms with Gasteiger partial charge in [0.05, 0.1) is 5.56 Å². The molecule has 0 aliphatic carbocycles. The summed E-state index contributed by atoms with van der Waals surface area (Å²) in [6.45, 7) is 3.77. The van der Waals surface area contributed by atoms with Crippen LogP contribution in [0.2, 0.25) is 0 Å². The average molecular weight is 330 g/mol. The second kappa shape index (κ2) is 6.04. The molecule has 3 aromatic rings. The van der Waals surface area contributed by atoms with E-state index in [1.54, 1.807) is 18.2 Å². The van der Waals surface area contributed by atoms with E-state index >= 15 is 0 Å². The molecule has 0 amide bonds. The van der Waals surface area contributed by atoms with Crippen molar-refractivity contribution in [2.24, 2.45) is 0 Å². The van der Waals surface area contributed by atoms with Crippen LogP contribution in [0, 0.1) is 23.2 Å². The van der Waals surface area contributed by atoms with E-state index in [0.29, 0.717) is 27.4 Å². The molecule has 0 aliphatic heterocycles. The molecule has 3 rings (SSSR count). The van der Waals surface area contributed by atoms with E-state index in [1.807, 2.05) is 13.8 Å². The molecular weight excluding hydrogens is 315 g/mol. The highest BCUT2D eigenvalue weighted by Gasteiger charge is 2.29. The van der Waals surface area contributed by atoms with E-state index in [0.717, 1.165) is 15.0 Å². The molecule has 0 radical (unpaired) electrons. The molecule has 23 heavy (non-hydrogen) atoms. The van der Waals surface area contributed by atoms with Gasteiger partial charge in [-0.25, -0.2) is 4.39 Å². The lowest BCUT2D eigenvalue weighted by atomic mass is 10.1. The third-order valence-corrected chi connectivity index (χ3v) is 4.48. The lowest BCUT2D eigenvalue weighted by Gasteiger charge is -2.12. The first kappa shape index (κ1) is 15.6. The minimum atomic E-state index is -0.387. The van der Waals surface area contributed by atoms with Gasteiger partial charge in [-0.15, -0.1) is 4.73 Å². The SMILES string of the molecule is CCSc1c(-c2ccc(F)cc2)[n+]([O-])c2cc(C)ccc2[n+]1[O-]. The summed E-state index contributed by atoms with van der Waals surface area (Å²) >= 11 is 1.30. The topological polar surface area (TPSA) is 53.9 Å². The fourth-order valence-electron chi connectivity index (χ4n) is 2.49. The Hall–Kier alpha value is -2.34. The quantitative estimate of drug-likeness (QED) is 0.420. The van der Waals surface area contributed by atoms with Gasteiger partial charge in [-0.2, -0.15) is 4.73 Å². The van der Waals surface area contributed by atoms with Crippen molar-refractivity contribution < 1.29 is 13.9 Å². The highest BCUT2D eigenvalue weighted by molar-refractivity contribution is 7.99. The van der Waals surface area contributed by atoms with Gasteiger partial charge >= 0.3 is 10.7 Å². The molecule has 0 spiro atoms. The molecule has 0 N–H and O–H groups in total. The Balaban J connectivity index is 2.40. The lowest BCUT2D eigenvalue weighted by Crippen LogP contribution is -2.42. The second-order valence-electron chi connectivity index (χ2n) is 5.17. The van der Waals surface area contributed by atoms with Gasteiger partial charge in [0.15, 0.2) is 0 Å². The Morgan fingerprint density at radius 3 is 2.35 bits per heavy atom. The van der Waals surface area contributed by atoms with Gasteiger partial charge in [0, 0.05) is 17.9 Å². The molecule has 1 heterocycles. The summed E-state index contributed by atoms with van der Waals surface area (Å²) in [6, 6.07) is 10.7. The van der Waals surface area contributed by atoms with Crippen LogP contribution in [0.4, 0.5) is 4.39 Å². The molecule has 0 saturated carbocycles. The van der Waals surface area contributed by atoms with Gasteiger partial charge in [0.2, 0.25) is 0 Å². The Morgan fingerprint density at radius 1 is 1.00 bits per heavy atom. The summed E-state index contributed by atoms with van der Waals surface area (Å²) in [6.07, 6.45) is 0. The van der Waals surface area contributed by atoms with E-state index in [9.17, 15) is 14.8 Å². The number of nitrogens with zero attached hydrogens (tertiary/aromatic N) is 2. The van der Waals surface area contributed by atoms with Crippen LogP contribution in [0.3, 0.4) is 0 Å². The van der Waals surface area contributed by atoms with Crippen molar-refractivity contribution in [3.8, 4) is 11.3 Å². The van der Waals surface area contributed by atoms with Crippen LogP contribution < -0.4 is 9.46 Å². The van der Waals surface area contributed by atoms with Crippen LogP contribution in [0.25, 0.3) is 22.3 Å². The monoisotopic (exact) mass is 330 g/mol. The molecule has 2 aromatic carbocycles. The van der Waals surface area contributed by atoms with Crippen molar-refractivity contribution in [3.63, 3.8) is 0 Å². The summed E-state index contributed by atoms with van der Waals surface area (Å²) in [5.41, 5.74) is 2.30. The normalized spacial score (nSPS) is 11.1. The lowest BCUT2D eigenvalue weighted by molar-refractivity contribution is -0.653.